The Morgan fingerprint density at radius 1 is 1.14 bits per heavy atom. The topological polar surface area (TPSA) is 122 Å². The van der Waals surface area contributed by atoms with Crippen molar-refractivity contribution in [2.45, 2.75) is 52.9 Å². The first-order chi connectivity index (χ1) is 17.4. The van der Waals surface area contributed by atoms with E-state index in [4.69, 9.17) is 35.3 Å². The van der Waals surface area contributed by atoms with E-state index in [2.05, 4.69) is 10.3 Å². The predicted octanol–water partition coefficient (Wildman–Crippen LogP) is 3.94. The van der Waals surface area contributed by atoms with Crippen molar-refractivity contribution >= 4 is 29.4 Å². The van der Waals surface area contributed by atoms with E-state index in [1.54, 1.807) is 6.92 Å². The number of amides is 1. The Balaban J connectivity index is 2.10. The molecule has 10 nitrogen and oxygen atoms in total. The zero-order chi connectivity index (χ0) is 27.7. The number of hydrogen-bond acceptors (Lipinski definition) is 9. The van der Waals surface area contributed by atoms with Crippen molar-refractivity contribution in [1.29, 1.82) is 0 Å². The number of benzene rings is 1. The molecule has 2 rings (SSSR count). The summed E-state index contributed by atoms with van der Waals surface area (Å²) < 4.78 is 40.4. The van der Waals surface area contributed by atoms with Gasteiger partial charge in [0.25, 0.3) is 5.91 Å². The number of carbonyl (C=O) groups is 3. The fourth-order valence-electron chi connectivity index (χ4n) is 3.28. The summed E-state index contributed by atoms with van der Waals surface area (Å²) in [5.41, 5.74) is -0.189. The molecular weight excluding hydrogens is 511 g/mol. The Kier molecular flexibility index (Phi) is 10.9. The first-order valence-corrected chi connectivity index (χ1v) is 11.7. The highest BCUT2D eigenvalue weighted by Crippen LogP contribution is 2.30. The maximum absolute atomic E-state index is 13.7. The monoisotopic (exact) mass is 540 g/mol. The lowest BCUT2D eigenvalue weighted by atomic mass is 10.0. The second-order valence-corrected chi connectivity index (χ2v) is 8.79. The van der Waals surface area contributed by atoms with E-state index in [0.717, 1.165) is 6.07 Å². The second-order valence-electron chi connectivity index (χ2n) is 8.36. The van der Waals surface area contributed by atoms with Gasteiger partial charge in [-0.25, -0.2) is 14.2 Å². The molecule has 0 aliphatic heterocycles. The smallest absolute Gasteiger partial charge is 0.328 e. The average Bonchev–Trinajstić information content (AvgIpc) is 2.80. The zero-order valence-corrected chi connectivity index (χ0v) is 22.1. The van der Waals surface area contributed by atoms with Crippen LogP contribution in [-0.2, 0) is 19.1 Å². The highest BCUT2D eigenvalue weighted by molar-refractivity contribution is 6.30. The molecule has 1 unspecified atom stereocenters. The molecule has 37 heavy (non-hydrogen) atoms. The van der Waals surface area contributed by atoms with Gasteiger partial charge in [-0.15, -0.1) is 0 Å². The third kappa shape index (κ3) is 8.78. The van der Waals surface area contributed by atoms with Gasteiger partial charge in [0.1, 0.15) is 29.8 Å². The normalized spacial score (nSPS) is 13.2. The second kappa shape index (κ2) is 13.6. The number of carbonyl (C=O) groups excluding carboxylic acids is 3. The minimum Gasteiger partial charge on any atom is -0.493 e. The molecule has 0 saturated carbocycles. The Bertz CT molecular complexity index is 1090. The molecule has 0 spiro atoms. The number of hydrogen-bond donors (Lipinski definition) is 1. The van der Waals surface area contributed by atoms with Crippen molar-refractivity contribution < 1.29 is 42.5 Å². The number of nitrogens with one attached hydrogen (secondary N) is 1. The quantitative estimate of drug-likeness (QED) is 0.315. The summed E-state index contributed by atoms with van der Waals surface area (Å²) >= 11 is 5.88. The fourth-order valence-corrected chi connectivity index (χ4v) is 3.49. The third-order valence-corrected chi connectivity index (χ3v) is 5.22. The van der Waals surface area contributed by atoms with E-state index in [0.29, 0.717) is 0 Å². The summed E-state index contributed by atoms with van der Waals surface area (Å²) in [6, 6.07) is 4.14. The lowest BCUT2D eigenvalue weighted by Crippen LogP contribution is -2.45. The molecule has 0 bridgehead atoms. The predicted molar refractivity (Wildman–Crippen MR) is 131 cm³/mol. The van der Waals surface area contributed by atoms with Crippen molar-refractivity contribution in [1.82, 2.24) is 10.3 Å². The maximum Gasteiger partial charge on any atom is 0.328 e. The van der Waals surface area contributed by atoms with Gasteiger partial charge in [-0.05, 0) is 31.9 Å². The van der Waals surface area contributed by atoms with Crippen molar-refractivity contribution in [3.63, 3.8) is 0 Å². The number of nitrogens with zero attached hydrogens (tertiary/aromatic N) is 1. The van der Waals surface area contributed by atoms with Gasteiger partial charge in [0.05, 0.1) is 7.11 Å². The number of rotatable bonds is 12. The zero-order valence-electron chi connectivity index (χ0n) is 21.4. The number of pyridine rings is 1. The summed E-state index contributed by atoms with van der Waals surface area (Å²) in [5, 5.41) is 2.67. The van der Waals surface area contributed by atoms with Crippen LogP contribution in [0.1, 0.15) is 45.1 Å². The third-order valence-electron chi connectivity index (χ3n) is 5.00. The van der Waals surface area contributed by atoms with Crippen LogP contribution in [0.5, 0.6) is 17.2 Å². The lowest BCUT2D eigenvalue weighted by molar-refractivity contribution is -0.158. The number of methoxy groups -OCH3 is 1. The molecule has 0 saturated heterocycles. The number of halogens is 2. The molecule has 202 valence electrons. The average molecular weight is 541 g/mol. The molecule has 1 aromatic heterocycles. The van der Waals surface area contributed by atoms with Crippen molar-refractivity contribution in [3.8, 4) is 17.2 Å². The van der Waals surface area contributed by atoms with Gasteiger partial charge in [0, 0.05) is 30.3 Å². The van der Waals surface area contributed by atoms with Crippen LogP contribution >= 0.6 is 11.6 Å². The molecule has 0 aliphatic rings. The lowest BCUT2D eigenvalue weighted by Gasteiger charge is -2.29. The van der Waals surface area contributed by atoms with E-state index in [1.165, 1.54) is 45.4 Å². The Morgan fingerprint density at radius 3 is 2.43 bits per heavy atom. The molecule has 1 heterocycles. The van der Waals surface area contributed by atoms with E-state index >= 15 is 0 Å². The van der Waals surface area contributed by atoms with Gasteiger partial charge in [-0.1, -0.05) is 25.4 Å². The first kappa shape index (κ1) is 29.6. The van der Waals surface area contributed by atoms with Gasteiger partial charge < -0.3 is 29.0 Å². The minimum absolute atomic E-state index is 0.0693. The van der Waals surface area contributed by atoms with Crippen LogP contribution in [0, 0.1) is 11.7 Å². The van der Waals surface area contributed by atoms with Gasteiger partial charge in [0.15, 0.2) is 17.2 Å². The van der Waals surface area contributed by atoms with Crippen molar-refractivity contribution in [2.24, 2.45) is 5.92 Å². The van der Waals surface area contributed by atoms with Crippen LogP contribution in [0.4, 0.5) is 4.39 Å². The van der Waals surface area contributed by atoms with Gasteiger partial charge in [0.2, 0.25) is 6.79 Å². The van der Waals surface area contributed by atoms with Crippen molar-refractivity contribution in [2.75, 3.05) is 13.9 Å². The van der Waals surface area contributed by atoms with Crippen LogP contribution < -0.4 is 19.5 Å². The van der Waals surface area contributed by atoms with E-state index in [1.807, 2.05) is 13.8 Å². The summed E-state index contributed by atoms with van der Waals surface area (Å²) in [5.74, 6) is -2.51. The molecule has 0 aliphatic carbocycles. The molecule has 1 amide bonds. The maximum atomic E-state index is 13.7. The van der Waals surface area contributed by atoms with Crippen molar-refractivity contribution in [3.05, 3.63) is 47.0 Å². The van der Waals surface area contributed by atoms with Crippen LogP contribution in [0.15, 0.2) is 30.5 Å². The van der Waals surface area contributed by atoms with Gasteiger partial charge >= 0.3 is 11.9 Å². The highest BCUT2D eigenvalue weighted by atomic mass is 35.5. The van der Waals surface area contributed by atoms with Crippen LogP contribution in [-0.4, -0.2) is 55.0 Å². The summed E-state index contributed by atoms with van der Waals surface area (Å²) in [7, 11) is 1.36. The molecule has 2 aromatic rings. The van der Waals surface area contributed by atoms with Crippen LogP contribution in [0.25, 0.3) is 0 Å². The van der Waals surface area contributed by atoms with Crippen LogP contribution in [0.2, 0.25) is 5.02 Å². The molecule has 1 N–H and O–H groups in total. The first-order valence-electron chi connectivity index (χ1n) is 11.4. The number of esters is 2. The Hall–Kier alpha value is -3.60. The standard InChI is InChI=1S/C25H30ClFN2O8/c1-13(2)22(15(4)36-19-10-17(26)9-18(27)11-19)37-25(32)14(3)29-24(31)21-23(35-12-34-16(5)30)20(33-6)7-8-28-21/h7-11,13-15,22H,12H2,1-6H3,(H,29,31)/t14-,15-,22?/m0/s1. The van der Waals surface area contributed by atoms with Gasteiger partial charge in [-0.3, -0.25) is 9.59 Å². The SMILES string of the molecule is COc1ccnc(C(=O)N[C@@H](C)C(=O)OC(C(C)C)[C@H](C)Oc2cc(F)cc(Cl)c2)c1OCOC(C)=O. The number of ether oxygens (including phenoxy) is 5. The summed E-state index contributed by atoms with van der Waals surface area (Å²) in [6.45, 7) is 7.50. The Morgan fingerprint density at radius 2 is 1.84 bits per heavy atom. The highest BCUT2D eigenvalue weighted by Gasteiger charge is 2.30. The molecule has 0 fully saturated rings. The van der Waals surface area contributed by atoms with Crippen LogP contribution in [0.3, 0.4) is 0 Å². The summed E-state index contributed by atoms with van der Waals surface area (Å²) in [4.78, 5) is 40.8. The van der Waals surface area contributed by atoms with E-state index < -0.39 is 48.7 Å². The molecule has 0 radical (unpaired) electrons. The molecular formula is C25H30ClFN2O8. The fraction of sp³-hybridized carbons (Fsp3) is 0.440. The molecule has 12 heteroatoms. The Labute approximate surface area is 219 Å². The summed E-state index contributed by atoms with van der Waals surface area (Å²) in [6.07, 6.45) is -0.0699. The van der Waals surface area contributed by atoms with E-state index in [9.17, 15) is 18.8 Å². The molecule has 3 atom stereocenters. The van der Waals surface area contributed by atoms with Gasteiger partial charge in [-0.2, -0.15) is 0 Å². The minimum atomic E-state index is -1.08. The van der Waals surface area contributed by atoms with E-state index in [-0.39, 0.29) is 33.9 Å². The number of aromatic nitrogens is 1. The largest absolute Gasteiger partial charge is 0.493 e. The molecule has 1 aromatic carbocycles.